The fourth-order valence-corrected chi connectivity index (χ4v) is 2.66. The smallest absolute Gasteiger partial charge is 0.504 e. The number of phenolic OH excluding ortho intramolecular Hbond substituents is 1. The number of ether oxygens (including phenoxy) is 1. The Morgan fingerprint density at radius 2 is 1.96 bits per heavy atom. The Balaban J connectivity index is 1.74. The van der Waals surface area contributed by atoms with Gasteiger partial charge in [-0.25, -0.2) is 9.07 Å². The molecule has 0 unspecified atom stereocenters. The van der Waals surface area contributed by atoms with Crippen LogP contribution >= 0.6 is 0 Å². The van der Waals surface area contributed by atoms with Crippen LogP contribution in [0.4, 0.5) is 4.39 Å². The molecule has 0 aliphatic carbocycles. The van der Waals surface area contributed by atoms with Crippen LogP contribution in [-0.4, -0.2) is 45.5 Å². The first-order chi connectivity index (χ1) is 12.6. The molecule has 27 heavy (non-hydrogen) atoms. The molecule has 1 saturated heterocycles. The highest BCUT2D eigenvalue weighted by atomic mass is 19.1. The average Bonchev–Trinajstić information content (AvgIpc) is 3.11. The molecule has 1 aromatic heterocycles. The zero-order chi connectivity index (χ0) is 19.8. The zero-order valence-electron chi connectivity index (χ0n) is 16.1. The van der Waals surface area contributed by atoms with Crippen LogP contribution in [0.25, 0.3) is 6.08 Å². The van der Waals surface area contributed by atoms with Crippen LogP contribution in [0.2, 0.25) is 0 Å². The van der Waals surface area contributed by atoms with Gasteiger partial charge in [-0.1, -0.05) is 17.3 Å². The van der Waals surface area contributed by atoms with Crippen LogP contribution < -0.4 is 4.74 Å². The molecule has 2 heterocycles. The summed E-state index contributed by atoms with van der Waals surface area (Å²) >= 11 is 0. The van der Waals surface area contributed by atoms with Crippen LogP contribution in [0.5, 0.6) is 11.5 Å². The number of benzene rings is 1. The summed E-state index contributed by atoms with van der Waals surface area (Å²) in [6.07, 6.45) is 2.81. The van der Waals surface area contributed by atoms with Crippen molar-refractivity contribution in [1.29, 1.82) is 0 Å². The summed E-state index contributed by atoms with van der Waals surface area (Å²) in [4.78, 5) is 0. The number of rotatable bonds is 5. The molecule has 144 valence electrons. The molecular weight excluding hydrogens is 352 g/mol. The summed E-state index contributed by atoms with van der Waals surface area (Å²) in [7, 11) is 0.401. The molecule has 0 radical (unpaired) electrons. The van der Waals surface area contributed by atoms with E-state index in [0.29, 0.717) is 17.0 Å². The molecule has 1 aromatic carbocycles. The zero-order valence-corrected chi connectivity index (χ0v) is 16.1. The van der Waals surface area contributed by atoms with E-state index in [9.17, 15) is 9.50 Å². The largest absolute Gasteiger partial charge is 0.525 e. The highest BCUT2D eigenvalue weighted by Gasteiger charge is 2.53. The Kier molecular flexibility index (Phi) is 5.01. The van der Waals surface area contributed by atoms with E-state index in [-0.39, 0.29) is 12.3 Å². The lowest BCUT2D eigenvalue weighted by molar-refractivity contribution is 0.00578. The van der Waals surface area contributed by atoms with Crippen molar-refractivity contribution < 1.29 is 23.5 Å². The van der Waals surface area contributed by atoms with Gasteiger partial charge in [-0.05, 0) is 39.8 Å². The van der Waals surface area contributed by atoms with E-state index in [4.69, 9.17) is 14.0 Å². The molecule has 0 atom stereocenters. The summed E-state index contributed by atoms with van der Waals surface area (Å²) in [6.45, 7) is 7.70. The van der Waals surface area contributed by atoms with Crippen molar-refractivity contribution in [2.45, 2.75) is 45.4 Å². The number of hydrogen-bond donors (Lipinski definition) is 1. The Hall–Kier alpha value is -2.39. The molecule has 2 aromatic rings. The van der Waals surface area contributed by atoms with E-state index in [0.717, 1.165) is 0 Å². The Labute approximate surface area is 157 Å². The third-order valence-electron chi connectivity index (χ3n) is 4.96. The number of hydrogen-bond acceptors (Lipinski definition) is 6. The number of para-hydroxylation sites is 1. The molecule has 0 amide bonds. The van der Waals surface area contributed by atoms with Crippen LogP contribution in [0.15, 0.2) is 30.1 Å². The van der Waals surface area contributed by atoms with E-state index in [1.165, 1.54) is 17.9 Å². The van der Waals surface area contributed by atoms with Gasteiger partial charge in [0.25, 0.3) is 0 Å². The SMILES string of the molecule is COc1cccc(Cn2cc(C=C(F)B3OC(C)(C)C(C)(C)O3)nn2)c1O. The van der Waals surface area contributed by atoms with E-state index in [2.05, 4.69) is 10.3 Å². The summed E-state index contributed by atoms with van der Waals surface area (Å²) in [5.74, 6) is 0.413. The first-order valence-corrected chi connectivity index (χ1v) is 8.60. The lowest BCUT2D eigenvalue weighted by Gasteiger charge is -2.32. The van der Waals surface area contributed by atoms with Gasteiger partial charge < -0.3 is 19.2 Å². The monoisotopic (exact) mass is 375 g/mol. The standard InChI is InChI=1S/C18H23BFN3O4/c1-17(2)18(3,4)27-19(26-17)15(20)9-13-11-23(22-21-13)10-12-7-6-8-14(25-5)16(12)24/h6-9,11,24H,10H2,1-5H3. The van der Waals surface area contributed by atoms with Gasteiger partial charge >= 0.3 is 7.12 Å². The maximum Gasteiger partial charge on any atom is 0.525 e. The summed E-state index contributed by atoms with van der Waals surface area (Å²) in [5, 5.41) is 18.1. The minimum absolute atomic E-state index is 0.0380. The number of halogens is 1. The Morgan fingerprint density at radius 3 is 2.59 bits per heavy atom. The van der Waals surface area contributed by atoms with Gasteiger partial charge in [0.05, 0.1) is 31.1 Å². The first kappa shape index (κ1) is 19.4. The van der Waals surface area contributed by atoms with E-state index in [1.807, 2.05) is 27.7 Å². The third kappa shape index (κ3) is 3.84. The fourth-order valence-electron chi connectivity index (χ4n) is 2.66. The Morgan fingerprint density at radius 1 is 1.30 bits per heavy atom. The number of nitrogens with zero attached hydrogens (tertiary/aromatic N) is 3. The molecule has 0 bridgehead atoms. The second-order valence-corrected chi connectivity index (χ2v) is 7.43. The highest BCUT2D eigenvalue weighted by Crippen LogP contribution is 2.39. The van der Waals surface area contributed by atoms with Crippen molar-refractivity contribution in [2.75, 3.05) is 7.11 Å². The lowest BCUT2D eigenvalue weighted by Crippen LogP contribution is -2.41. The summed E-state index contributed by atoms with van der Waals surface area (Å²) < 4.78 is 32.5. The number of aromatic nitrogens is 3. The summed E-state index contributed by atoms with van der Waals surface area (Å²) in [6, 6.07) is 5.18. The van der Waals surface area contributed by atoms with Gasteiger partial charge in [0.1, 0.15) is 11.4 Å². The van der Waals surface area contributed by atoms with Gasteiger partial charge in [0, 0.05) is 5.56 Å². The van der Waals surface area contributed by atoms with E-state index < -0.39 is 24.0 Å². The normalized spacial score (nSPS) is 18.7. The van der Waals surface area contributed by atoms with Gasteiger partial charge in [-0.3, -0.25) is 0 Å². The molecule has 0 spiro atoms. The van der Waals surface area contributed by atoms with Crippen LogP contribution in [0.1, 0.15) is 39.0 Å². The number of methoxy groups -OCH3 is 1. The van der Waals surface area contributed by atoms with E-state index in [1.54, 1.807) is 24.4 Å². The molecule has 3 rings (SSSR count). The van der Waals surface area contributed by atoms with Crippen LogP contribution in [0.3, 0.4) is 0 Å². The van der Waals surface area contributed by atoms with Gasteiger partial charge in [0.15, 0.2) is 11.5 Å². The molecular formula is C18H23BFN3O4. The topological polar surface area (TPSA) is 78.6 Å². The van der Waals surface area contributed by atoms with Crippen molar-refractivity contribution in [1.82, 2.24) is 15.0 Å². The van der Waals surface area contributed by atoms with Gasteiger partial charge in [-0.2, -0.15) is 0 Å². The van der Waals surface area contributed by atoms with Crippen molar-refractivity contribution in [3.05, 3.63) is 41.4 Å². The average molecular weight is 375 g/mol. The summed E-state index contributed by atoms with van der Waals surface area (Å²) in [5.41, 5.74) is -0.884. The lowest BCUT2D eigenvalue weighted by atomic mass is 9.87. The van der Waals surface area contributed by atoms with Gasteiger partial charge in [-0.15, -0.1) is 5.10 Å². The maximum atomic E-state index is 14.6. The molecule has 0 saturated carbocycles. The second kappa shape index (κ2) is 6.97. The van der Waals surface area contributed by atoms with Crippen molar-refractivity contribution in [2.24, 2.45) is 0 Å². The Bertz CT molecular complexity index is 850. The predicted octanol–water partition coefficient (Wildman–Crippen LogP) is 2.98. The van der Waals surface area contributed by atoms with Crippen molar-refractivity contribution in [3.8, 4) is 11.5 Å². The molecule has 1 fully saturated rings. The quantitative estimate of drug-likeness (QED) is 0.810. The maximum absolute atomic E-state index is 14.6. The van der Waals surface area contributed by atoms with E-state index >= 15 is 0 Å². The predicted molar refractivity (Wildman–Crippen MR) is 98.9 cm³/mol. The van der Waals surface area contributed by atoms with Gasteiger partial charge in [0.2, 0.25) is 0 Å². The molecule has 1 aliphatic rings. The second-order valence-electron chi connectivity index (χ2n) is 7.43. The minimum Gasteiger partial charge on any atom is -0.504 e. The highest BCUT2D eigenvalue weighted by molar-refractivity contribution is 6.54. The van der Waals surface area contributed by atoms with Crippen LogP contribution in [0, 0.1) is 0 Å². The third-order valence-corrected chi connectivity index (χ3v) is 4.96. The fraction of sp³-hybridized carbons (Fsp3) is 0.444. The molecule has 9 heteroatoms. The molecule has 1 N–H and O–H groups in total. The van der Waals surface area contributed by atoms with Crippen molar-refractivity contribution in [3.63, 3.8) is 0 Å². The minimum atomic E-state index is -1.08. The molecule has 7 nitrogen and oxygen atoms in total. The van der Waals surface area contributed by atoms with Crippen molar-refractivity contribution >= 4 is 13.2 Å². The molecule has 1 aliphatic heterocycles. The number of phenols is 1. The first-order valence-electron chi connectivity index (χ1n) is 8.60. The number of aromatic hydroxyl groups is 1. The van der Waals surface area contributed by atoms with Crippen LogP contribution in [-0.2, 0) is 15.9 Å².